The number of hydrogen-bond acceptors (Lipinski definition) is 4. The lowest BCUT2D eigenvalue weighted by atomic mass is 10.2. The highest BCUT2D eigenvalue weighted by molar-refractivity contribution is 9.10. The zero-order valence-corrected chi connectivity index (χ0v) is 16.5. The fourth-order valence-electron chi connectivity index (χ4n) is 2.79. The predicted molar refractivity (Wildman–Crippen MR) is 107 cm³/mol. The number of halogens is 2. The van der Waals surface area contributed by atoms with Gasteiger partial charge in [-0.05, 0) is 51.3 Å². The zero-order chi connectivity index (χ0) is 17.6. The van der Waals surface area contributed by atoms with Gasteiger partial charge in [0.1, 0.15) is 5.75 Å². The number of piperazine rings is 1. The Bertz CT molecular complexity index is 745. The highest BCUT2D eigenvalue weighted by Crippen LogP contribution is 2.25. The quantitative estimate of drug-likeness (QED) is 0.674. The molecule has 0 unspecified atom stereocenters. The molecule has 0 radical (unpaired) electrons. The van der Waals surface area contributed by atoms with E-state index in [1.807, 2.05) is 42.6 Å². The van der Waals surface area contributed by atoms with Gasteiger partial charge in [-0.1, -0.05) is 29.8 Å². The highest BCUT2D eigenvalue weighted by atomic mass is 79.9. The van der Waals surface area contributed by atoms with Gasteiger partial charge in [0, 0.05) is 37.7 Å². The fraction of sp³-hybridized carbons (Fsp3) is 0.316. The van der Waals surface area contributed by atoms with Gasteiger partial charge in [0.25, 0.3) is 0 Å². The van der Waals surface area contributed by atoms with Gasteiger partial charge in [-0.2, -0.15) is 5.10 Å². The molecule has 0 bridgehead atoms. The van der Waals surface area contributed by atoms with Gasteiger partial charge in [0.2, 0.25) is 0 Å². The van der Waals surface area contributed by atoms with Crippen molar-refractivity contribution in [3.8, 4) is 5.75 Å². The molecule has 0 amide bonds. The summed E-state index contributed by atoms with van der Waals surface area (Å²) in [7, 11) is 1.66. The van der Waals surface area contributed by atoms with E-state index in [2.05, 4.69) is 37.0 Å². The van der Waals surface area contributed by atoms with E-state index < -0.39 is 0 Å². The van der Waals surface area contributed by atoms with Crippen molar-refractivity contribution < 1.29 is 4.74 Å². The van der Waals surface area contributed by atoms with Crippen molar-refractivity contribution in [1.82, 2.24) is 9.91 Å². The van der Waals surface area contributed by atoms with Crippen LogP contribution in [0.25, 0.3) is 0 Å². The molecule has 2 aromatic carbocycles. The van der Waals surface area contributed by atoms with Gasteiger partial charge in [0.15, 0.2) is 0 Å². The summed E-state index contributed by atoms with van der Waals surface area (Å²) in [6.07, 6.45) is 1.90. The second kappa shape index (κ2) is 8.70. The number of hydrogen-bond donors (Lipinski definition) is 0. The number of ether oxygens (including phenoxy) is 1. The smallest absolute Gasteiger partial charge is 0.133 e. The molecule has 0 aliphatic carbocycles. The van der Waals surface area contributed by atoms with Crippen LogP contribution in [0.3, 0.4) is 0 Å². The highest BCUT2D eigenvalue weighted by Gasteiger charge is 2.16. The van der Waals surface area contributed by atoms with Crippen molar-refractivity contribution in [2.45, 2.75) is 6.54 Å². The van der Waals surface area contributed by atoms with Crippen LogP contribution in [-0.4, -0.2) is 49.4 Å². The Hall–Kier alpha value is -1.56. The van der Waals surface area contributed by atoms with Gasteiger partial charge < -0.3 is 4.74 Å². The summed E-state index contributed by atoms with van der Waals surface area (Å²) in [5.74, 6) is 0.824. The van der Waals surface area contributed by atoms with Crippen LogP contribution in [0.4, 0.5) is 0 Å². The van der Waals surface area contributed by atoms with Crippen LogP contribution >= 0.6 is 27.5 Å². The summed E-state index contributed by atoms with van der Waals surface area (Å²) < 4.78 is 6.18. The predicted octanol–water partition coefficient (Wildman–Crippen LogP) is 4.26. The maximum Gasteiger partial charge on any atom is 0.133 e. The Balaban J connectivity index is 1.52. The van der Waals surface area contributed by atoms with Crippen LogP contribution in [0, 0.1) is 0 Å². The molecule has 25 heavy (non-hydrogen) atoms. The van der Waals surface area contributed by atoms with E-state index in [4.69, 9.17) is 16.3 Å². The molecule has 3 rings (SSSR count). The molecule has 0 N–H and O–H groups in total. The minimum Gasteiger partial charge on any atom is -0.496 e. The Morgan fingerprint density at radius 1 is 1.16 bits per heavy atom. The normalized spacial score (nSPS) is 15.7. The standard InChI is InChI=1S/C19H21BrClN3O/c1-25-19-7-6-15(12-17(19)20)13-22-24-10-8-23(9-11-24)14-16-4-2-3-5-18(16)21/h2-7,12-13H,8-11,14H2,1H3/b22-13+. The molecule has 1 saturated heterocycles. The zero-order valence-electron chi connectivity index (χ0n) is 14.2. The summed E-state index contributed by atoms with van der Waals surface area (Å²) in [4.78, 5) is 2.41. The van der Waals surface area contributed by atoms with Crippen molar-refractivity contribution in [2.75, 3.05) is 33.3 Å². The molecule has 4 nitrogen and oxygen atoms in total. The first-order valence-corrected chi connectivity index (χ1v) is 9.41. The lowest BCUT2D eigenvalue weighted by molar-refractivity contribution is 0.131. The molecule has 1 fully saturated rings. The molecule has 1 heterocycles. The second-order valence-electron chi connectivity index (χ2n) is 5.96. The number of benzene rings is 2. The van der Waals surface area contributed by atoms with Crippen molar-refractivity contribution in [3.63, 3.8) is 0 Å². The van der Waals surface area contributed by atoms with Gasteiger partial charge >= 0.3 is 0 Å². The van der Waals surface area contributed by atoms with Crippen molar-refractivity contribution >= 4 is 33.7 Å². The lowest BCUT2D eigenvalue weighted by Crippen LogP contribution is -2.43. The minimum absolute atomic E-state index is 0.824. The number of hydrazone groups is 1. The summed E-state index contributed by atoms with van der Waals surface area (Å²) in [6, 6.07) is 14.0. The molecule has 1 aliphatic rings. The molecule has 132 valence electrons. The molecule has 6 heteroatoms. The maximum absolute atomic E-state index is 6.25. The molecule has 0 aromatic heterocycles. The average Bonchev–Trinajstić information content (AvgIpc) is 2.63. The Morgan fingerprint density at radius 2 is 1.92 bits per heavy atom. The number of rotatable bonds is 5. The summed E-state index contributed by atoms with van der Waals surface area (Å²) in [6.45, 7) is 4.68. The number of nitrogens with zero attached hydrogens (tertiary/aromatic N) is 3. The largest absolute Gasteiger partial charge is 0.496 e. The topological polar surface area (TPSA) is 28.1 Å². The van der Waals surface area contributed by atoms with E-state index in [0.29, 0.717) is 0 Å². The van der Waals surface area contributed by atoms with E-state index in [9.17, 15) is 0 Å². The van der Waals surface area contributed by atoms with Gasteiger partial charge in [-0.15, -0.1) is 0 Å². The number of methoxy groups -OCH3 is 1. The third-order valence-electron chi connectivity index (χ3n) is 4.25. The average molecular weight is 423 g/mol. The third kappa shape index (κ3) is 4.97. The van der Waals surface area contributed by atoms with Crippen LogP contribution in [0.1, 0.15) is 11.1 Å². The summed E-state index contributed by atoms with van der Waals surface area (Å²) >= 11 is 9.75. The Kier molecular flexibility index (Phi) is 6.34. The second-order valence-corrected chi connectivity index (χ2v) is 7.22. The van der Waals surface area contributed by atoms with E-state index >= 15 is 0 Å². The first-order chi connectivity index (χ1) is 12.2. The van der Waals surface area contributed by atoms with Crippen LogP contribution in [0.5, 0.6) is 5.75 Å². The van der Waals surface area contributed by atoms with Gasteiger partial charge in [0.05, 0.1) is 17.8 Å². The fourth-order valence-corrected chi connectivity index (χ4v) is 3.54. The first-order valence-electron chi connectivity index (χ1n) is 8.24. The van der Waals surface area contributed by atoms with Crippen molar-refractivity contribution in [3.05, 3.63) is 63.1 Å². The monoisotopic (exact) mass is 421 g/mol. The molecule has 1 aliphatic heterocycles. The minimum atomic E-state index is 0.824. The Labute approximate surface area is 162 Å². The van der Waals surface area contributed by atoms with Crippen molar-refractivity contribution in [1.29, 1.82) is 0 Å². The molecular formula is C19H21BrClN3O. The summed E-state index contributed by atoms with van der Waals surface area (Å²) in [5.41, 5.74) is 2.23. The molecule has 0 spiro atoms. The van der Waals surface area contributed by atoms with E-state index in [-0.39, 0.29) is 0 Å². The molecule has 0 atom stereocenters. The lowest BCUT2D eigenvalue weighted by Gasteiger charge is -2.33. The molecule has 0 saturated carbocycles. The van der Waals surface area contributed by atoms with Crippen LogP contribution in [0.2, 0.25) is 5.02 Å². The van der Waals surface area contributed by atoms with E-state index in [0.717, 1.165) is 53.5 Å². The van der Waals surface area contributed by atoms with Crippen molar-refractivity contribution in [2.24, 2.45) is 5.10 Å². The maximum atomic E-state index is 6.25. The Morgan fingerprint density at radius 3 is 2.60 bits per heavy atom. The molecular weight excluding hydrogens is 402 g/mol. The third-order valence-corrected chi connectivity index (χ3v) is 5.23. The van der Waals surface area contributed by atoms with E-state index in [1.54, 1.807) is 7.11 Å². The van der Waals surface area contributed by atoms with Gasteiger partial charge in [-0.25, -0.2) is 0 Å². The SMILES string of the molecule is COc1ccc(/C=N/N2CCN(Cc3ccccc3Cl)CC2)cc1Br. The van der Waals surface area contributed by atoms with Crippen LogP contribution in [-0.2, 0) is 6.54 Å². The van der Waals surface area contributed by atoms with E-state index in [1.165, 1.54) is 5.56 Å². The first kappa shape index (κ1) is 18.2. The summed E-state index contributed by atoms with van der Waals surface area (Å²) in [5, 5.41) is 7.56. The van der Waals surface area contributed by atoms with Gasteiger partial charge in [-0.3, -0.25) is 9.91 Å². The van der Waals surface area contributed by atoms with Crippen LogP contribution in [0.15, 0.2) is 52.0 Å². The molecule has 2 aromatic rings. The van der Waals surface area contributed by atoms with Crippen LogP contribution < -0.4 is 4.74 Å².